The molecule has 0 bridgehead atoms. The Morgan fingerprint density at radius 1 is 0.909 bits per heavy atom. The van der Waals surface area contributed by atoms with Gasteiger partial charge in [-0.1, -0.05) is 60.7 Å². The Balaban J connectivity index is 1.76. The van der Waals surface area contributed by atoms with E-state index in [2.05, 4.69) is 54.8 Å². The van der Waals surface area contributed by atoms with Crippen LogP contribution in [-0.2, 0) is 13.0 Å². The molecule has 1 heterocycles. The van der Waals surface area contributed by atoms with E-state index >= 15 is 0 Å². The van der Waals surface area contributed by atoms with Crippen LogP contribution in [0.3, 0.4) is 0 Å². The topological polar surface area (TPSA) is 9.23 Å². The molecule has 1 aromatic heterocycles. The minimum atomic E-state index is 0.618. The van der Waals surface area contributed by atoms with E-state index < -0.39 is 0 Å². The molecule has 0 radical (unpaired) electrons. The predicted octanol–water partition coefficient (Wildman–Crippen LogP) is 5.64. The van der Waals surface area contributed by atoms with E-state index in [0.717, 1.165) is 12.2 Å². The van der Waals surface area contributed by atoms with E-state index in [0.29, 0.717) is 6.61 Å². The summed E-state index contributed by atoms with van der Waals surface area (Å²) in [4.78, 5) is 1.30. The largest absolute Gasteiger partial charge is 0.488 e. The van der Waals surface area contributed by atoms with Gasteiger partial charge < -0.3 is 4.74 Å². The molecule has 0 aliphatic carbocycles. The summed E-state index contributed by atoms with van der Waals surface area (Å²) in [6.45, 7) is 0.618. The minimum absolute atomic E-state index is 0.618. The molecule has 0 saturated heterocycles. The molecule has 0 aliphatic rings. The highest BCUT2D eigenvalue weighted by Gasteiger charge is 2.11. The summed E-state index contributed by atoms with van der Waals surface area (Å²) in [5.74, 6) is 1.02. The van der Waals surface area contributed by atoms with Crippen molar-refractivity contribution in [3.05, 3.63) is 82.7 Å². The molecule has 1 nitrogen and oxygen atoms in total. The van der Waals surface area contributed by atoms with Crippen molar-refractivity contribution < 1.29 is 4.74 Å². The minimum Gasteiger partial charge on any atom is -0.488 e. The van der Waals surface area contributed by atoms with Crippen molar-refractivity contribution in [2.24, 2.45) is 0 Å². The Kier molecular flexibility index (Phi) is 5.20. The zero-order valence-corrected chi connectivity index (χ0v) is 14.1. The second kappa shape index (κ2) is 7.52. The quantitative estimate of drug-likeness (QED) is 0.542. The molecule has 22 heavy (non-hydrogen) atoms. The molecule has 3 aromatic rings. The monoisotopic (exact) mass is 326 g/mol. The van der Waals surface area contributed by atoms with Crippen LogP contribution in [-0.4, -0.2) is 6.26 Å². The van der Waals surface area contributed by atoms with Crippen LogP contribution in [0, 0.1) is 0 Å². The van der Waals surface area contributed by atoms with E-state index in [9.17, 15) is 0 Å². The zero-order valence-electron chi connectivity index (χ0n) is 12.5. The average Bonchev–Trinajstić information content (AvgIpc) is 2.97. The first-order chi connectivity index (χ1) is 10.8. The molecule has 0 fully saturated rings. The van der Waals surface area contributed by atoms with Gasteiger partial charge in [0.1, 0.15) is 12.4 Å². The second-order valence-corrected chi connectivity index (χ2v) is 7.24. The van der Waals surface area contributed by atoms with E-state index in [1.807, 2.05) is 29.5 Å². The first kappa shape index (κ1) is 15.2. The Hall–Kier alpha value is -1.71. The first-order valence-electron chi connectivity index (χ1n) is 7.22. The van der Waals surface area contributed by atoms with Gasteiger partial charge in [0.15, 0.2) is 0 Å². The molecule has 3 rings (SSSR count). The number of ether oxygens (including phenoxy) is 1. The molecule has 0 spiro atoms. The molecule has 2 aromatic carbocycles. The van der Waals surface area contributed by atoms with Crippen molar-refractivity contribution in [3.63, 3.8) is 0 Å². The van der Waals surface area contributed by atoms with Gasteiger partial charge >= 0.3 is 0 Å². The molecule has 112 valence electrons. The van der Waals surface area contributed by atoms with Crippen molar-refractivity contribution in [1.82, 2.24) is 0 Å². The number of thioether (sulfide) groups is 1. The van der Waals surface area contributed by atoms with Gasteiger partial charge in [-0.25, -0.2) is 0 Å². The van der Waals surface area contributed by atoms with E-state index in [-0.39, 0.29) is 0 Å². The number of hydrogen-bond donors (Lipinski definition) is 0. The summed E-state index contributed by atoms with van der Waals surface area (Å²) in [5, 5.41) is 0. The van der Waals surface area contributed by atoms with Crippen LogP contribution in [0.15, 0.2) is 70.9 Å². The third-order valence-corrected chi connectivity index (χ3v) is 5.57. The lowest BCUT2D eigenvalue weighted by Crippen LogP contribution is -1.96. The van der Waals surface area contributed by atoms with E-state index in [1.54, 1.807) is 11.8 Å². The third kappa shape index (κ3) is 3.93. The summed E-state index contributed by atoms with van der Waals surface area (Å²) >= 11 is 3.60. The lowest BCUT2D eigenvalue weighted by Gasteiger charge is -2.07. The SMILES string of the molecule is CSc1cc(OCc2ccccc2)c(Cc2ccccc2)s1. The molecule has 0 amide bonds. The van der Waals surface area contributed by atoms with Crippen LogP contribution >= 0.6 is 23.1 Å². The maximum Gasteiger partial charge on any atom is 0.135 e. The fraction of sp³-hybridized carbons (Fsp3) is 0.158. The number of rotatable bonds is 6. The van der Waals surface area contributed by atoms with Gasteiger partial charge in [-0.15, -0.1) is 23.1 Å². The first-order valence-corrected chi connectivity index (χ1v) is 9.26. The fourth-order valence-corrected chi connectivity index (χ4v) is 3.98. The summed E-state index contributed by atoms with van der Waals surface area (Å²) in [6.07, 6.45) is 3.04. The van der Waals surface area contributed by atoms with Crippen LogP contribution in [0.5, 0.6) is 5.75 Å². The van der Waals surface area contributed by atoms with Gasteiger partial charge in [0.2, 0.25) is 0 Å². The maximum absolute atomic E-state index is 6.07. The summed E-state index contributed by atoms with van der Waals surface area (Å²) in [7, 11) is 0. The van der Waals surface area contributed by atoms with Crippen molar-refractivity contribution in [3.8, 4) is 5.75 Å². The van der Waals surface area contributed by atoms with Crippen molar-refractivity contribution in [1.29, 1.82) is 0 Å². The van der Waals surface area contributed by atoms with Gasteiger partial charge in [0.05, 0.1) is 9.09 Å². The number of thiophene rings is 1. The Morgan fingerprint density at radius 2 is 1.55 bits per heavy atom. The fourth-order valence-electron chi connectivity index (χ4n) is 2.25. The lowest BCUT2D eigenvalue weighted by molar-refractivity contribution is 0.305. The Morgan fingerprint density at radius 3 is 2.18 bits per heavy atom. The maximum atomic E-state index is 6.07. The predicted molar refractivity (Wildman–Crippen MR) is 96.1 cm³/mol. The van der Waals surface area contributed by atoms with Crippen molar-refractivity contribution in [2.45, 2.75) is 17.2 Å². The lowest BCUT2D eigenvalue weighted by atomic mass is 10.1. The normalized spacial score (nSPS) is 10.6. The molecule has 0 unspecified atom stereocenters. The standard InChI is InChI=1S/C19H18OS2/c1-21-19-13-17(20-14-16-10-6-3-7-11-16)18(22-19)12-15-8-4-2-5-9-15/h2-11,13H,12,14H2,1H3. The van der Waals surface area contributed by atoms with Crippen LogP contribution < -0.4 is 4.74 Å². The number of benzene rings is 2. The van der Waals surface area contributed by atoms with Crippen LogP contribution in [0.25, 0.3) is 0 Å². The van der Waals surface area contributed by atoms with Gasteiger partial charge in [-0.3, -0.25) is 0 Å². The highest BCUT2D eigenvalue weighted by Crippen LogP contribution is 2.36. The summed E-state index contributed by atoms with van der Waals surface area (Å²) < 4.78 is 7.37. The smallest absolute Gasteiger partial charge is 0.135 e. The van der Waals surface area contributed by atoms with Crippen LogP contribution in [0.1, 0.15) is 16.0 Å². The molecule has 3 heteroatoms. The number of hydrogen-bond acceptors (Lipinski definition) is 3. The Labute approximate surface area is 140 Å². The zero-order chi connectivity index (χ0) is 15.2. The average molecular weight is 326 g/mol. The Bertz CT molecular complexity index is 705. The van der Waals surface area contributed by atoms with Crippen molar-refractivity contribution in [2.75, 3.05) is 6.26 Å². The molecular formula is C19H18OS2. The molecule has 0 aliphatic heterocycles. The summed E-state index contributed by atoms with van der Waals surface area (Å²) in [6, 6.07) is 23.0. The second-order valence-electron chi connectivity index (χ2n) is 4.99. The van der Waals surface area contributed by atoms with Gasteiger partial charge in [-0.05, 0) is 17.4 Å². The van der Waals surface area contributed by atoms with E-state index in [4.69, 9.17) is 4.74 Å². The van der Waals surface area contributed by atoms with Gasteiger partial charge in [-0.2, -0.15) is 0 Å². The van der Waals surface area contributed by atoms with Crippen molar-refractivity contribution >= 4 is 23.1 Å². The third-order valence-electron chi connectivity index (χ3n) is 3.39. The van der Waals surface area contributed by atoms with Gasteiger partial charge in [0, 0.05) is 12.5 Å². The highest BCUT2D eigenvalue weighted by atomic mass is 32.2. The van der Waals surface area contributed by atoms with Gasteiger partial charge in [0.25, 0.3) is 0 Å². The van der Waals surface area contributed by atoms with Crippen LogP contribution in [0.4, 0.5) is 0 Å². The molecule has 0 atom stereocenters. The van der Waals surface area contributed by atoms with Crippen LogP contribution in [0.2, 0.25) is 0 Å². The van der Waals surface area contributed by atoms with E-state index in [1.165, 1.54) is 20.2 Å². The molecular weight excluding hydrogens is 308 g/mol. The summed E-state index contributed by atoms with van der Waals surface area (Å²) in [5.41, 5.74) is 2.52. The molecule has 0 N–H and O–H groups in total. The highest BCUT2D eigenvalue weighted by molar-refractivity contribution is 8.00. The molecule has 0 saturated carbocycles.